The van der Waals surface area contributed by atoms with E-state index in [2.05, 4.69) is 26.8 Å². The topological polar surface area (TPSA) is 76.2 Å². The van der Waals surface area contributed by atoms with Crippen LogP contribution in [0, 0.1) is 0 Å². The molecule has 0 saturated carbocycles. The van der Waals surface area contributed by atoms with Crippen LogP contribution in [0.25, 0.3) is 0 Å². The molecule has 2 aromatic rings. The van der Waals surface area contributed by atoms with Crippen molar-refractivity contribution in [3.8, 4) is 0 Å². The number of aromatic nitrogens is 3. The van der Waals surface area contributed by atoms with Gasteiger partial charge in [-0.2, -0.15) is 5.10 Å². The molecule has 0 aliphatic carbocycles. The zero-order chi connectivity index (χ0) is 19.1. The van der Waals surface area contributed by atoms with E-state index in [-0.39, 0.29) is 29.7 Å². The van der Waals surface area contributed by atoms with Gasteiger partial charge in [-0.25, -0.2) is 9.48 Å². The summed E-state index contributed by atoms with van der Waals surface area (Å²) in [6, 6.07) is 7.87. The summed E-state index contributed by atoms with van der Waals surface area (Å²) in [6.45, 7) is 2.92. The molecule has 0 amide bonds. The summed E-state index contributed by atoms with van der Waals surface area (Å²) in [5.74, 6) is 1.69. The first kappa shape index (κ1) is 22.7. The van der Waals surface area contributed by atoms with Crippen molar-refractivity contribution < 1.29 is 0 Å². The molecule has 0 unspecified atom stereocenters. The van der Waals surface area contributed by atoms with E-state index < -0.39 is 0 Å². The maximum atomic E-state index is 12.3. The third-order valence-electron chi connectivity index (χ3n) is 4.69. The molecule has 1 aliphatic rings. The number of aliphatic imine (C=N–C) groups is 1. The standard InChI is InChI=1S/C19H27ClN6O.HI/c1-21-18(23-11-9-15-6-4-7-16(20)14-15)22-10-5-13-26-19(27)25-12-3-2-8-17(25)24-26;/h4,6-7,14H,2-3,5,8-13H2,1H3,(H2,21,22,23);1H. The molecule has 7 nitrogen and oxygen atoms in total. The first-order chi connectivity index (χ1) is 13.2. The Morgan fingerprint density at radius 1 is 1.29 bits per heavy atom. The second kappa shape index (κ2) is 11.5. The number of rotatable bonds is 7. The molecule has 1 aliphatic heterocycles. The van der Waals surface area contributed by atoms with Crippen LogP contribution >= 0.6 is 35.6 Å². The smallest absolute Gasteiger partial charge is 0.345 e. The van der Waals surface area contributed by atoms with Gasteiger partial charge in [0.2, 0.25) is 0 Å². The van der Waals surface area contributed by atoms with Crippen molar-refractivity contribution in [3.63, 3.8) is 0 Å². The summed E-state index contributed by atoms with van der Waals surface area (Å²) in [7, 11) is 1.75. The van der Waals surface area contributed by atoms with Crippen molar-refractivity contribution in [2.45, 2.75) is 45.2 Å². The molecule has 28 heavy (non-hydrogen) atoms. The van der Waals surface area contributed by atoms with Gasteiger partial charge in [-0.3, -0.25) is 9.56 Å². The normalized spacial score (nSPS) is 13.6. The Labute approximate surface area is 187 Å². The van der Waals surface area contributed by atoms with Gasteiger partial charge in [0.1, 0.15) is 5.82 Å². The van der Waals surface area contributed by atoms with Crippen LogP contribution in [0.15, 0.2) is 34.1 Å². The molecule has 2 N–H and O–H groups in total. The zero-order valence-corrected chi connectivity index (χ0v) is 19.2. The van der Waals surface area contributed by atoms with Crippen molar-refractivity contribution in [1.29, 1.82) is 0 Å². The molecule has 2 heterocycles. The average molecular weight is 519 g/mol. The van der Waals surface area contributed by atoms with Crippen LogP contribution in [0.2, 0.25) is 5.02 Å². The fourth-order valence-electron chi connectivity index (χ4n) is 3.27. The van der Waals surface area contributed by atoms with Crippen molar-refractivity contribution >= 4 is 41.5 Å². The highest BCUT2D eigenvalue weighted by Gasteiger charge is 2.16. The minimum Gasteiger partial charge on any atom is -0.356 e. The van der Waals surface area contributed by atoms with Crippen molar-refractivity contribution in [2.24, 2.45) is 4.99 Å². The molecule has 154 valence electrons. The molecule has 0 bridgehead atoms. The molecule has 0 fully saturated rings. The maximum Gasteiger partial charge on any atom is 0.345 e. The van der Waals surface area contributed by atoms with E-state index in [1.165, 1.54) is 5.56 Å². The molecule has 0 spiro atoms. The Bertz CT molecular complexity index is 847. The quantitative estimate of drug-likeness (QED) is 0.256. The van der Waals surface area contributed by atoms with E-state index in [0.717, 1.165) is 68.5 Å². The van der Waals surface area contributed by atoms with Gasteiger partial charge in [0.15, 0.2) is 5.96 Å². The number of nitrogens with one attached hydrogen (secondary N) is 2. The SMILES string of the molecule is CN=C(NCCCn1nc2n(c1=O)CCCC2)NCCc1cccc(Cl)c1.I. The minimum absolute atomic E-state index is 0. The lowest BCUT2D eigenvalue weighted by molar-refractivity contribution is 0.509. The van der Waals surface area contributed by atoms with Crippen LogP contribution in [0.5, 0.6) is 0 Å². The summed E-state index contributed by atoms with van der Waals surface area (Å²) >= 11 is 6.01. The largest absolute Gasteiger partial charge is 0.356 e. The Morgan fingerprint density at radius 2 is 2.11 bits per heavy atom. The van der Waals surface area contributed by atoms with Gasteiger partial charge in [-0.05, 0) is 43.4 Å². The number of fused-ring (bicyclic) bond motifs is 1. The minimum atomic E-state index is 0. The molecule has 0 saturated heterocycles. The molecular formula is C19H28ClIN6O. The Balaban J connectivity index is 0.00000280. The maximum absolute atomic E-state index is 12.3. The number of hydrogen-bond acceptors (Lipinski definition) is 3. The van der Waals surface area contributed by atoms with Crippen LogP contribution in [-0.4, -0.2) is 40.4 Å². The van der Waals surface area contributed by atoms with Gasteiger partial charge in [-0.15, -0.1) is 24.0 Å². The van der Waals surface area contributed by atoms with E-state index in [1.807, 2.05) is 22.8 Å². The number of nitrogens with zero attached hydrogens (tertiary/aromatic N) is 4. The summed E-state index contributed by atoms with van der Waals surface area (Å²) in [6.07, 6.45) is 4.78. The molecule has 0 radical (unpaired) electrons. The summed E-state index contributed by atoms with van der Waals surface area (Å²) in [4.78, 5) is 16.5. The van der Waals surface area contributed by atoms with Gasteiger partial charge < -0.3 is 10.6 Å². The fourth-order valence-corrected chi connectivity index (χ4v) is 3.48. The number of guanidine groups is 1. The predicted octanol–water partition coefficient (Wildman–Crippen LogP) is 2.45. The number of aryl methyl sites for hydroxylation is 2. The second-order valence-corrected chi connectivity index (χ2v) is 7.13. The molecule has 9 heteroatoms. The molecule has 0 atom stereocenters. The van der Waals surface area contributed by atoms with Crippen molar-refractivity contribution in [3.05, 3.63) is 51.2 Å². The predicted molar refractivity (Wildman–Crippen MR) is 124 cm³/mol. The molecule has 1 aromatic carbocycles. The van der Waals surface area contributed by atoms with Gasteiger partial charge in [-0.1, -0.05) is 23.7 Å². The highest BCUT2D eigenvalue weighted by atomic mass is 127. The van der Waals surface area contributed by atoms with Crippen LogP contribution < -0.4 is 16.3 Å². The second-order valence-electron chi connectivity index (χ2n) is 6.69. The molecular weight excluding hydrogens is 491 g/mol. The molecule has 3 rings (SSSR count). The lowest BCUT2D eigenvalue weighted by Crippen LogP contribution is -2.39. The summed E-state index contributed by atoms with van der Waals surface area (Å²) < 4.78 is 3.41. The lowest BCUT2D eigenvalue weighted by atomic mass is 10.1. The summed E-state index contributed by atoms with van der Waals surface area (Å²) in [5.41, 5.74) is 1.21. The first-order valence-electron chi connectivity index (χ1n) is 9.53. The number of hydrogen-bond donors (Lipinski definition) is 2. The van der Waals surface area contributed by atoms with E-state index in [1.54, 1.807) is 11.7 Å². The summed E-state index contributed by atoms with van der Waals surface area (Å²) in [5, 5.41) is 11.8. The van der Waals surface area contributed by atoms with Crippen LogP contribution in [0.3, 0.4) is 0 Å². The highest BCUT2D eigenvalue weighted by Crippen LogP contribution is 2.11. The third-order valence-corrected chi connectivity index (χ3v) is 4.92. The van der Waals surface area contributed by atoms with E-state index in [0.29, 0.717) is 6.54 Å². The first-order valence-corrected chi connectivity index (χ1v) is 9.90. The van der Waals surface area contributed by atoms with Gasteiger partial charge in [0.25, 0.3) is 0 Å². The lowest BCUT2D eigenvalue weighted by Gasteiger charge is -2.11. The van der Waals surface area contributed by atoms with Gasteiger partial charge in [0.05, 0.1) is 0 Å². The Kier molecular flexibility index (Phi) is 9.30. The van der Waals surface area contributed by atoms with Crippen LogP contribution in [0.4, 0.5) is 0 Å². The monoisotopic (exact) mass is 518 g/mol. The fraction of sp³-hybridized carbons (Fsp3) is 0.526. The van der Waals surface area contributed by atoms with Crippen LogP contribution in [0.1, 0.15) is 30.7 Å². The zero-order valence-electron chi connectivity index (χ0n) is 16.2. The number of benzene rings is 1. The Hall–Kier alpha value is -1.55. The average Bonchev–Trinajstić information content (AvgIpc) is 3.00. The van der Waals surface area contributed by atoms with Crippen LogP contribution in [-0.2, 0) is 25.9 Å². The van der Waals surface area contributed by atoms with Crippen molar-refractivity contribution in [2.75, 3.05) is 20.1 Å². The van der Waals surface area contributed by atoms with Gasteiger partial charge >= 0.3 is 5.69 Å². The van der Waals surface area contributed by atoms with E-state index in [4.69, 9.17) is 11.6 Å². The number of halogens is 2. The van der Waals surface area contributed by atoms with Gasteiger partial charge in [0, 0.05) is 44.7 Å². The van der Waals surface area contributed by atoms with E-state index >= 15 is 0 Å². The Morgan fingerprint density at radius 3 is 2.86 bits per heavy atom. The molecule has 1 aromatic heterocycles. The highest BCUT2D eigenvalue weighted by molar-refractivity contribution is 14.0. The van der Waals surface area contributed by atoms with Crippen molar-refractivity contribution in [1.82, 2.24) is 25.0 Å². The van der Waals surface area contributed by atoms with E-state index in [9.17, 15) is 4.79 Å². The third kappa shape index (κ3) is 6.23.